The highest BCUT2D eigenvalue weighted by Gasteiger charge is 1.88. The molecule has 0 heterocycles. The Bertz CT molecular complexity index is 195. The van der Waals surface area contributed by atoms with Crippen LogP contribution in [0.2, 0.25) is 0 Å². The van der Waals surface area contributed by atoms with Crippen LogP contribution in [-0.4, -0.2) is 52.4 Å². The molecule has 0 aliphatic heterocycles. The molecule has 4 N–H and O–H groups in total. The molecule has 0 rings (SSSR count). The van der Waals surface area contributed by atoms with Gasteiger partial charge in [-0.25, -0.2) is 0 Å². The van der Waals surface area contributed by atoms with Crippen molar-refractivity contribution in [1.82, 2.24) is 21.3 Å². The maximum absolute atomic E-state index is 3.45. The zero-order valence-electron chi connectivity index (χ0n) is 13.6. The van der Waals surface area contributed by atoms with Gasteiger partial charge in [0.15, 0.2) is 0 Å². The summed E-state index contributed by atoms with van der Waals surface area (Å²) < 4.78 is 0. The number of rotatable bonds is 16. The van der Waals surface area contributed by atoms with Crippen LogP contribution in [0.15, 0.2) is 12.2 Å². The lowest BCUT2D eigenvalue weighted by Crippen LogP contribution is -2.23. The lowest BCUT2D eigenvalue weighted by Gasteiger charge is -2.04. The van der Waals surface area contributed by atoms with E-state index in [1.807, 2.05) is 0 Å². The maximum atomic E-state index is 3.45. The van der Waals surface area contributed by atoms with Crippen LogP contribution in [0.25, 0.3) is 0 Å². The average molecular weight is 284 g/mol. The van der Waals surface area contributed by atoms with Crippen LogP contribution >= 0.6 is 0 Å². The van der Waals surface area contributed by atoms with E-state index in [2.05, 4.69) is 47.3 Å². The SMILES string of the molecule is CCCCNCCCNC/C=C/CNCCCNCC. The Morgan fingerprint density at radius 3 is 1.65 bits per heavy atom. The minimum Gasteiger partial charge on any atom is -0.317 e. The normalized spacial score (nSPS) is 11.5. The maximum Gasteiger partial charge on any atom is 0.0135 e. The fraction of sp³-hybridized carbons (Fsp3) is 0.875. The van der Waals surface area contributed by atoms with Crippen molar-refractivity contribution in [3.63, 3.8) is 0 Å². The predicted molar refractivity (Wildman–Crippen MR) is 90.4 cm³/mol. The highest BCUT2D eigenvalue weighted by Crippen LogP contribution is 1.82. The lowest BCUT2D eigenvalue weighted by atomic mass is 10.3. The molecule has 0 radical (unpaired) electrons. The molecule has 4 nitrogen and oxygen atoms in total. The first kappa shape index (κ1) is 19.6. The Kier molecular flexibility index (Phi) is 18.2. The fourth-order valence-electron chi connectivity index (χ4n) is 1.82. The van der Waals surface area contributed by atoms with Gasteiger partial charge >= 0.3 is 0 Å². The van der Waals surface area contributed by atoms with Gasteiger partial charge in [0.05, 0.1) is 0 Å². The molecule has 0 spiro atoms. The van der Waals surface area contributed by atoms with Gasteiger partial charge < -0.3 is 21.3 Å². The topological polar surface area (TPSA) is 48.1 Å². The van der Waals surface area contributed by atoms with Crippen molar-refractivity contribution in [2.45, 2.75) is 39.5 Å². The molecule has 0 aromatic rings. The largest absolute Gasteiger partial charge is 0.317 e. The molecule has 0 saturated heterocycles. The molecule has 0 aromatic carbocycles. The van der Waals surface area contributed by atoms with Crippen LogP contribution < -0.4 is 21.3 Å². The summed E-state index contributed by atoms with van der Waals surface area (Å²) in [5.74, 6) is 0. The van der Waals surface area contributed by atoms with Gasteiger partial charge in [-0.2, -0.15) is 0 Å². The minimum atomic E-state index is 0.979. The molecule has 0 aromatic heterocycles. The standard InChI is InChI=1S/C16H36N4/c1-3-5-10-18-15-9-16-20-12-7-6-11-19-14-8-13-17-4-2/h6-7,17-20H,3-5,8-16H2,1-2H3/b7-6+. The van der Waals surface area contributed by atoms with Crippen molar-refractivity contribution in [1.29, 1.82) is 0 Å². The van der Waals surface area contributed by atoms with Gasteiger partial charge in [-0.05, 0) is 58.5 Å². The van der Waals surface area contributed by atoms with E-state index in [0.29, 0.717) is 0 Å². The molecule has 0 atom stereocenters. The van der Waals surface area contributed by atoms with E-state index in [0.717, 1.165) is 52.4 Å². The van der Waals surface area contributed by atoms with Gasteiger partial charge in [-0.15, -0.1) is 0 Å². The van der Waals surface area contributed by atoms with E-state index in [9.17, 15) is 0 Å². The Labute approximate surface area is 126 Å². The van der Waals surface area contributed by atoms with E-state index in [-0.39, 0.29) is 0 Å². The third-order valence-corrected chi connectivity index (χ3v) is 3.06. The summed E-state index contributed by atoms with van der Waals surface area (Å²) in [6.07, 6.45) is 9.39. The number of hydrogen-bond donors (Lipinski definition) is 4. The van der Waals surface area contributed by atoms with Crippen LogP contribution in [0.4, 0.5) is 0 Å². The Hall–Kier alpha value is -0.420. The van der Waals surface area contributed by atoms with E-state index in [1.165, 1.54) is 25.7 Å². The second-order valence-corrected chi connectivity index (χ2v) is 5.04. The molecule has 4 heteroatoms. The number of nitrogens with one attached hydrogen (secondary N) is 4. The molecule has 20 heavy (non-hydrogen) atoms. The van der Waals surface area contributed by atoms with Crippen LogP contribution in [0.5, 0.6) is 0 Å². The molecule has 0 unspecified atom stereocenters. The summed E-state index contributed by atoms with van der Waals surface area (Å²) in [5.41, 5.74) is 0. The quantitative estimate of drug-likeness (QED) is 0.256. The molecule has 0 bridgehead atoms. The first-order chi connectivity index (χ1) is 9.91. The first-order valence-electron chi connectivity index (χ1n) is 8.39. The fourth-order valence-corrected chi connectivity index (χ4v) is 1.82. The summed E-state index contributed by atoms with van der Waals surface area (Å²) in [5, 5.41) is 13.6. The molecule has 0 fully saturated rings. The van der Waals surface area contributed by atoms with Crippen molar-refractivity contribution in [3.8, 4) is 0 Å². The van der Waals surface area contributed by atoms with E-state index >= 15 is 0 Å². The van der Waals surface area contributed by atoms with E-state index in [4.69, 9.17) is 0 Å². The van der Waals surface area contributed by atoms with Crippen molar-refractivity contribution >= 4 is 0 Å². The Morgan fingerprint density at radius 2 is 1.10 bits per heavy atom. The van der Waals surface area contributed by atoms with E-state index in [1.54, 1.807) is 0 Å². The van der Waals surface area contributed by atoms with Crippen molar-refractivity contribution in [3.05, 3.63) is 12.2 Å². The summed E-state index contributed by atoms with van der Waals surface area (Å²) >= 11 is 0. The molecule has 0 aliphatic carbocycles. The molecule has 0 aliphatic rings. The van der Waals surface area contributed by atoms with Crippen molar-refractivity contribution in [2.24, 2.45) is 0 Å². The van der Waals surface area contributed by atoms with Gasteiger partial charge in [0, 0.05) is 13.1 Å². The summed E-state index contributed by atoms with van der Waals surface area (Å²) in [4.78, 5) is 0. The summed E-state index contributed by atoms with van der Waals surface area (Å²) in [6, 6.07) is 0. The van der Waals surface area contributed by atoms with Crippen LogP contribution in [0.1, 0.15) is 39.5 Å². The summed E-state index contributed by atoms with van der Waals surface area (Å²) in [7, 11) is 0. The molecule has 0 saturated carbocycles. The third kappa shape index (κ3) is 17.6. The number of unbranched alkanes of at least 4 members (excludes halogenated alkanes) is 1. The zero-order chi connectivity index (χ0) is 14.7. The van der Waals surface area contributed by atoms with Crippen LogP contribution in [-0.2, 0) is 0 Å². The average Bonchev–Trinajstić information content (AvgIpc) is 2.47. The molecule has 120 valence electrons. The molecule has 0 amide bonds. The van der Waals surface area contributed by atoms with Crippen LogP contribution in [0, 0.1) is 0 Å². The lowest BCUT2D eigenvalue weighted by molar-refractivity contribution is 0.594. The second kappa shape index (κ2) is 18.6. The van der Waals surface area contributed by atoms with Gasteiger partial charge in [0.25, 0.3) is 0 Å². The van der Waals surface area contributed by atoms with Gasteiger partial charge in [-0.3, -0.25) is 0 Å². The first-order valence-corrected chi connectivity index (χ1v) is 8.39. The van der Waals surface area contributed by atoms with Gasteiger partial charge in [-0.1, -0.05) is 32.4 Å². The Balaban J connectivity index is 3.01. The Morgan fingerprint density at radius 1 is 0.600 bits per heavy atom. The van der Waals surface area contributed by atoms with Crippen molar-refractivity contribution in [2.75, 3.05) is 52.4 Å². The molecular weight excluding hydrogens is 248 g/mol. The predicted octanol–water partition coefficient (Wildman–Crippen LogP) is 1.50. The van der Waals surface area contributed by atoms with Crippen molar-refractivity contribution < 1.29 is 0 Å². The second-order valence-electron chi connectivity index (χ2n) is 5.04. The smallest absolute Gasteiger partial charge is 0.0135 e. The highest BCUT2D eigenvalue weighted by atomic mass is 14.9. The minimum absolute atomic E-state index is 0.979. The molecular formula is C16H36N4. The number of hydrogen-bond acceptors (Lipinski definition) is 4. The third-order valence-electron chi connectivity index (χ3n) is 3.06. The monoisotopic (exact) mass is 284 g/mol. The van der Waals surface area contributed by atoms with Gasteiger partial charge in [0.1, 0.15) is 0 Å². The highest BCUT2D eigenvalue weighted by molar-refractivity contribution is 4.85. The summed E-state index contributed by atoms with van der Waals surface area (Å²) in [6.45, 7) is 13.0. The zero-order valence-corrected chi connectivity index (χ0v) is 13.6. The van der Waals surface area contributed by atoms with Gasteiger partial charge in [0.2, 0.25) is 0 Å². The van der Waals surface area contributed by atoms with E-state index < -0.39 is 0 Å². The van der Waals surface area contributed by atoms with Crippen LogP contribution in [0.3, 0.4) is 0 Å².